The van der Waals surface area contributed by atoms with Crippen molar-refractivity contribution in [1.82, 2.24) is 23.9 Å². The maximum absolute atomic E-state index is 12.9. The molecule has 5 heterocycles. The second-order valence-corrected chi connectivity index (χ2v) is 8.94. The van der Waals surface area contributed by atoms with Crippen LogP contribution in [0.25, 0.3) is 16.2 Å². The first kappa shape index (κ1) is 21.9. The molecule has 1 aliphatic heterocycles. The Kier molecular flexibility index (Phi) is 5.46. The summed E-state index contributed by atoms with van der Waals surface area (Å²) in [5.74, 6) is -0.118. The summed E-state index contributed by atoms with van der Waals surface area (Å²) in [6.07, 6.45) is 1.83. The lowest BCUT2D eigenvalue weighted by atomic mass is 9.97. The Morgan fingerprint density at radius 3 is 2.74 bits per heavy atom. The van der Waals surface area contributed by atoms with Crippen molar-refractivity contribution in [1.29, 1.82) is 0 Å². The van der Waals surface area contributed by atoms with E-state index in [4.69, 9.17) is 0 Å². The molecule has 0 spiro atoms. The van der Waals surface area contributed by atoms with Crippen LogP contribution in [0.5, 0.6) is 0 Å². The minimum absolute atomic E-state index is 0.0418. The molecule has 5 rings (SSSR count). The molecule has 1 fully saturated rings. The van der Waals surface area contributed by atoms with Crippen LogP contribution in [0.3, 0.4) is 0 Å². The van der Waals surface area contributed by atoms with E-state index < -0.39 is 17.6 Å². The highest BCUT2D eigenvalue weighted by Crippen LogP contribution is 2.29. The molecule has 0 aromatic carbocycles. The third kappa shape index (κ3) is 3.86. The average Bonchev–Trinajstić information content (AvgIpc) is 3.27. The van der Waals surface area contributed by atoms with Crippen LogP contribution in [-0.2, 0) is 0 Å². The van der Waals surface area contributed by atoms with Gasteiger partial charge in [0.1, 0.15) is 29.8 Å². The molecule has 12 heteroatoms. The lowest BCUT2D eigenvalue weighted by Gasteiger charge is -2.42. The lowest BCUT2D eigenvalue weighted by Crippen LogP contribution is -2.54. The van der Waals surface area contributed by atoms with Crippen LogP contribution < -0.4 is 15.6 Å². The van der Waals surface area contributed by atoms with Crippen molar-refractivity contribution in [2.24, 2.45) is 5.92 Å². The fraction of sp³-hybridized carbons (Fsp3) is 0.273. The smallest absolute Gasteiger partial charge is 0.341 e. The van der Waals surface area contributed by atoms with E-state index in [1.54, 1.807) is 19.1 Å². The van der Waals surface area contributed by atoms with Crippen molar-refractivity contribution >= 4 is 40.2 Å². The van der Waals surface area contributed by atoms with Gasteiger partial charge in [-0.3, -0.25) is 9.36 Å². The summed E-state index contributed by atoms with van der Waals surface area (Å²) in [6.45, 7) is 4.74. The number of aliphatic hydroxyl groups excluding tert-OH is 1. The van der Waals surface area contributed by atoms with Crippen LogP contribution in [0.15, 0.2) is 41.6 Å². The normalized spacial score (nSPS) is 14.7. The first-order valence-electron chi connectivity index (χ1n) is 10.5. The van der Waals surface area contributed by atoms with Gasteiger partial charge >= 0.3 is 5.97 Å². The predicted molar refractivity (Wildman–Crippen MR) is 127 cm³/mol. The summed E-state index contributed by atoms with van der Waals surface area (Å²) in [5, 5.41) is 23.8. The molecule has 0 bridgehead atoms. The van der Waals surface area contributed by atoms with E-state index in [1.807, 2.05) is 24.0 Å². The third-order valence-electron chi connectivity index (χ3n) is 5.79. The van der Waals surface area contributed by atoms with Gasteiger partial charge in [0.15, 0.2) is 5.65 Å². The fourth-order valence-electron chi connectivity index (χ4n) is 4.00. The maximum atomic E-state index is 12.9. The number of anilines is 2. The number of aliphatic hydroxyl groups is 1. The number of aryl methyl sites for hydroxylation is 2. The number of aromatic nitrogens is 5. The van der Waals surface area contributed by atoms with Gasteiger partial charge in [-0.05, 0) is 37.6 Å². The minimum Gasteiger partial charge on any atom is -0.477 e. The Balaban J connectivity index is 1.45. The molecule has 3 N–H and O–H groups in total. The quantitative estimate of drug-likeness (QED) is 0.350. The molecular weight excluding hydrogens is 458 g/mol. The highest BCUT2D eigenvalue weighted by atomic mass is 32.1. The van der Waals surface area contributed by atoms with Gasteiger partial charge in [-0.25, -0.2) is 19.7 Å². The summed E-state index contributed by atoms with van der Waals surface area (Å²) in [4.78, 5) is 39.8. The number of carbonyl (C=O) groups is 1. The zero-order valence-electron chi connectivity index (χ0n) is 18.3. The molecule has 1 atom stereocenters. The van der Waals surface area contributed by atoms with E-state index in [-0.39, 0.29) is 16.9 Å². The highest BCUT2D eigenvalue weighted by molar-refractivity contribution is 7.08. The minimum atomic E-state index is -1.32. The van der Waals surface area contributed by atoms with Crippen molar-refractivity contribution < 1.29 is 15.0 Å². The maximum Gasteiger partial charge on any atom is 0.341 e. The molecule has 0 amide bonds. The standard InChI is InChI=1S/C22H21N7O4S/c1-11-6-16(28-7-13(8-28)20(31)26-15-5-3-4-12(2)25-15)27-19-17(11)18(30)14(21(32)33)9-29(19)22-23-10-24-34-22/h3-6,9-10,13,20,31H,7-8H2,1-2H3,(H,25,26)(H,32,33). The van der Waals surface area contributed by atoms with Gasteiger partial charge in [0.25, 0.3) is 0 Å². The van der Waals surface area contributed by atoms with E-state index in [1.165, 1.54) is 17.1 Å². The van der Waals surface area contributed by atoms with Gasteiger partial charge in [0.2, 0.25) is 10.6 Å². The van der Waals surface area contributed by atoms with Crippen LogP contribution in [0, 0.1) is 19.8 Å². The van der Waals surface area contributed by atoms with Crippen molar-refractivity contribution in [2.45, 2.75) is 20.1 Å². The van der Waals surface area contributed by atoms with Crippen LogP contribution in [0.4, 0.5) is 11.6 Å². The molecule has 1 aliphatic rings. The van der Waals surface area contributed by atoms with Crippen molar-refractivity contribution in [2.75, 3.05) is 23.3 Å². The largest absolute Gasteiger partial charge is 0.477 e. The molecule has 1 saturated heterocycles. The Morgan fingerprint density at radius 2 is 2.06 bits per heavy atom. The number of carboxylic acid groups (broad SMARTS) is 1. The molecule has 34 heavy (non-hydrogen) atoms. The van der Waals surface area contributed by atoms with Crippen LogP contribution in [0.2, 0.25) is 0 Å². The van der Waals surface area contributed by atoms with Gasteiger partial charge < -0.3 is 20.4 Å². The van der Waals surface area contributed by atoms with Crippen molar-refractivity contribution in [3.05, 3.63) is 63.8 Å². The molecular formula is C22H21N7O4S. The summed E-state index contributed by atoms with van der Waals surface area (Å²) in [6, 6.07) is 7.33. The summed E-state index contributed by atoms with van der Waals surface area (Å²) in [5.41, 5.74) is 0.830. The molecule has 4 aromatic rings. The highest BCUT2D eigenvalue weighted by Gasteiger charge is 2.34. The Bertz CT molecular complexity index is 1450. The first-order chi connectivity index (χ1) is 16.3. The van der Waals surface area contributed by atoms with Gasteiger partial charge in [0, 0.05) is 42.4 Å². The first-order valence-corrected chi connectivity index (χ1v) is 11.3. The van der Waals surface area contributed by atoms with E-state index >= 15 is 0 Å². The van der Waals surface area contributed by atoms with Gasteiger partial charge in [-0.2, -0.15) is 4.37 Å². The SMILES string of the molecule is Cc1cccc(NC(O)C2CN(c3cc(C)c4c(=O)c(C(=O)O)cn(-c5ncns5)c4n3)C2)n1. The monoisotopic (exact) mass is 479 g/mol. The number of nitrogens with one attached hydrogen (secondary N) is 1. The number of carboxylic acids is 1. The molecule has 0 saturated carbocycles. The molecule has 0 aliphatic carbocycles. The van der Waals surface area contributed by atoms with Crippen LogP contribution >= 0.6 is 11.5 Å². The van der Waals surface area contributed by atoms with Gasteiger partial charge in [-0.1, -0.05) is 6.07 Å². The van der Waals surface area contributed by atoms with E-state index in [0.717, 1.165) is 17.2 Å². The van der Waals surface area contributed by atoms with E-state index in [2.05, 4.69) is 24.6 Å². The van der Waals surface area contributed by atoms with Gasteiger partial charge in [0.05, 0.1) is 5.39 Å². The van der Waals surface area contributed by atoms with Crippen LogP contribution in [0.1, 0.15) is 21.6 Å². The molecule has 0 radical (unpaired) electrons. The second kappa shape index (κ2) is 8.47. The lowest BCUT2D eigenvalue weighted by molar-refractivity contribution is 0.0695. The van der Waals surface area contributed by atoms with Crippen molar-refractivity contribution in [3.8, 4) is 5.13 Å². The average molecular weight is 480 g/mol. The molecule has 4 aromatic heterocycles. The molecule has 11 nitrogen and oxygen atoms in total. The second-order valence-electron chi connectivity index (χ2n) is 8.19. The van der Waals surface area contributed by atoms with Gasteiger partial charge in [-0.15, -0.1) is 0 Å². The Hall–Kier alpha value is -3.90. The number of hydrogen-bond donors (Lipinski definition) is 3. The Labute approximate surface area is 197 Å². The predicted octanol–water partition coefficient (Wildman–Crippen LogP) is 1.81. The topological polar surface area (TPSA) is 146 Å². The van der Waals surface area contributed by atoms with E-state index in [9.17, 15) is 19.8 Å². The Morgan fingerprint density at radius 1 is 1.26 bits per heavy atom. The third-order valence-corrected chi connectivity index (χ3v) is 6.46. The summed E-state index contributed by atoms with van der Waals surface area (Å²) < 4.78 is 5.48. The molecule has 1 unspecified atom stereocenters. The van der Waals surface area contributed by atoms with E-state index in [0.29, 0.717) is 41.1 Å². The summed E-state index contributed by atoms with van der Waals surface area (Å²) in [7, 11) is 0. The van der Waals surface area contributed by atoms with Crippen LogP contribution in [-0.4, -0.2) is 59.4 Å². The zero-order valence-corrected chi connectivity index (χ0v) is 19.2. The zero-order chi connectivity index (χ0) is 24.0. The van der Waals surface area contributed by atoms with Crippen molar-refractivity contribution in [3.63, 3.8) is 0 Å². The summed E-state index contributed by atoms with van der Waals surface area (Å²) >= 11 is 1.07. The number of pyridine rings is 3. The number of rotatable bonds is 6. The number of fused-ring (bicyclic) bond motifs is 1. The number of aromatic carboxylic acids is 1. The number of hydrogen-bond acceptors (Lipinski definition) is 10. The molecule has 174 valence electrons. The number of nitrogens with zero attached hydrogens (tertiary/aromatic N) is 6. The fourth-order valence-corrected chi connectivity index (χ4v) is 4.51.